The molecule has 0 radical (unpaired) electrons. The number of ether oxygens (including phenoxy) is 2. The third-order valence-corrected chi connectivity index (χ3v) is 4.95. The molecule has 0 aliphatic rings. The molecule has 0 fully saturated rings. The average molecular weight is 489 g/mol. The molecule has 0 spiro atoms. The lowest BCUT2D eigenvalue weighted by Gasteiger charge is -2.14. The first kappa shape index (κ1) is 21.7. The number of hydrogen-bond donors (Lipinski definition) is 2. The van der Waals surface area contributed by atoms with Crippen LogP contribution in [0.25, 0.3) is 0 Å². The molecule has 154 valence electrons. The highest BCUT2D eigenvalue weighted by molar-refractivity contribution is 9.10. The van der Waals surface area contributed by atoms with Crippen molar-refractivity contribution < 1.29 is 14.3 Å². The van der Waals surface area contributed by atoms with E-state index in [-0.39, 0.29) is 0 Å². The van der Waals surface area contributed by atoms with Crippen molar-refractivity contribution in [3.8, 4) is 11.5 Å². The van der Waals surface area contributed by atoms with Crippen molar-refractivity contribution in [2.24, 2.45) is 5.10 Å². The predicted molar refractivity (Wildman–Crippen MR) is 123 cm³/mol. The van der Waals surface area contributed by atoms with Crippen molar-refractivity contribution in [2.75, 3.05) is 12.4 Å². The largest absolute Gasteiger partial charge is 0.493 e. The second-order valence-electron chi connectivity index (χ2n) is 6.10. The second kappa shape index (κ2) is 10.7. The van der Waals surface area contributed by atoms with Crippen LogP contribution >= 0.6 is 27.5 Å². The van der Waals surface area contributed by atoms with E-state index in [2.05, 4.69) is 31.8 Å². The van der Waals surface area contributed by atoms with Gasteiger partial charge in [0.05, 0.1) is 17.8 Å². The van der Waals surface area contributed by atoms with Gasteiger partial charge in [0.15, 0.2) is 11.5 Å². The molecule has 0 heterocycles. The van der Waals surface area contributed by atoms with Gasteiger partial charge < -0.3 is 14.8 Å². The zero-order chi connectivity index (χ0) is 21.3. The molecule has 0 atom stereocenters. The topological polar surface area (TPSA) is 72.0 Å². The number of benzene rings is 3. The van der Waals surface area contributed by atoms with Crippen LogP contribution in [0.3, 0.4) is 0 Å². The van der Waals surface area contributed by atoms with E-state index < -0.39 is 6.03 Å². The number of carbonyl (C=O) groups is 1. The number of hydrazone groups is 1. The first-order valence-corrected chi connectivity index (χ1v) is 10.1. The zero-order valence-corrected chi connectivity index (χ0v) is 18.4. The van der Waals surface area contributed by atoms with Gasteiger partial charge in [0.2, 0.25) is 0 Å². The average Bonchev–Trinajstić information content (AvgIpc) is 2.74. The summed E-state index contributed by atoms with van der Waals surface area (Å²) in [5.74, 6) is 1.07. The van der Waals surface area contributed by atoms with Crippen molar-refractivity contribution in [3.63, 3.8) is 0 Å². The van der Waals surface area contributed by atoms with Crippen LogP contribution in [0.4, 0.5) is 10.5 Å². The molecule has 0 saturated carbocycles. The molecule has 2 amide bonds. The summed E-state index contributed by atoms with van der Waals surface area (Å²) in [5, 5.41) is 7.28. The third kappa shape index (κ3) is 5.98. The minimum Gasteiger partial charge on any atom is -0.493 e. The van der Waals surface area contributed by atoms with Crippen LogP contribution in [0, 0.1) is 0 Å². The number of carbonyl (C=O) groups excluding carboxylic acids is 1. The molecule has 0 unspecified atom stereocenters. The van der Waals surface area contributed by atoms with Crippen LogP contribution in [-0.4, -0.2) is 19.4 Å². The second-order valence-corrected chi connectivity index (χ2v) is 7.37. The Hall–Kier alpha value is -3.03. The summed E-state index contributed by atoms with van der Waals surface area (Å²) in [6.07, 6.45) is 1.51. The molecule has 0 aromatic heterocycles. The van der Waals surface area contributed by atoms with Crippen LogP contribution < -0.4 is 20.2 Å². The van der Waals surface area contributed by atoms with Gasteiger partial charge in [-0.3, -0.25) is 0 Å². The van der Waals surface area contributed by atoms with E-state index in [1.54, 1.807) is 25.3 Å². The Morgan fingerprint density at radius 1 is 1.13 bits per heavy atom. The molecule has 3 aromatic carbocycles. The fraction of sp³-hybridized carbons (Fsp3) is 0.0909. The van der Waals surface area contributed by atoms with E-state index in [1.807, 2.05) is 48.5 Å². The fourth-order valence-electron chi connectivity index (χ4n) is 2.57. The Bertz CT molecular complexity index is 1050. The van der Waals surface area contributed by atoms with E-state index in [1.165, 1.54) is 6.21 Å². The molecule has 0 saturated heterocycles. The Balaban J connectivity index is 1.65. The van der Waals surface area contributed by atoms with Crippen molar-refractivity contribution in [2.45, 2.75) is 6.61 Å². The number of methoxy groups -OCH3 is 1. The van der Waals surface area contributed by atoms with Crippen LogP contribution in [0.5, 0.6) is 11.5 Å². The smallest absolute Gasteiger partial charge is 0.339 e. The number of hydrogen-bond acceptors (Lipinski definition) is 4. The van der Waals surface area contributed by atoms with E-state index in [0.717, 1.165) is 5.56 Å². The number of nitrogens with zero attached hydrogens (tertiary/aromatic N) is 1. The van der Waals surface area contributed by atoms with Crippen molar-refractivity contribution in [1.29, 1.82) is 0 Å². The summed E-state index contributed by atoms with van der Waals surface area (Å²) < 4.78 is 12.0. The zero-order valence-electron chi connectivity index (χ0n) is 16.1. The van der Waals surface area contributed by atoms with Crippen LogP contribution in [0.15, 0.2) is 76.3 Å². The van der Waals surface area contributed by atoms with Gasteiger partial charge in [-0.25, -0.2) is 10.2 Å². The van der Waals surface area contributed by atoms with Crippen LogP contribution in [0.2, 0.25) is 5.02 Å². The molecule has 6 nitrogen and oxygen atoms in total. The molecule has 8 heteroatoms. The van der Waals surface area contributed by atoms with E-state index in [4.69, 9.17) is 21.1 Å². The van der Waals surface area contributed by atoms with Crippen molar-refractivity contribution in [3.05, 3.63) is 87.4 Å². The highest BCUT2D eigenvalue weighted by Gasteiger charge is 2.12. The Labute approximate surface area is 188 Å². The SMILES string of the molecule is COc1cc(/C=N\NC(=O)Nc2ccccc2)cc(Br)c1OCc1ccccc1Cl. The Kier molecular flexibility index (Phi) is 7.70. The lowest BCUT2D eigenvalue weighted by atomic mass is 10.2. The fourth-order valence-corrected chi connectivity index (χ4v) is 3.33. The summed E-state index contributed by atoms with van der Waals surface area (Å²) in [6, 6.07) is 19.7. The normalized spacial score (nSPS) is 10.6. The minimum atomic E-state index is -0.442. The number of urea groups is 1. The van der Waals surface area contributed by atoms with Gasteiger partial charge in [0.1, 0.15) is 6.61 Å². The standard InChI is InChI=1S/C22H19BrClN3O3/c1-29-20-12-15(13-25-27-22(28)26-17-8-3-2-4-9-17)11-18(23)21(20)30-14-16-7-5-6-10-19(16)24/h2-13H,14H2,1H3,(H2,26,27,28)/b25-13-. The first-order valence-electron chi connectivity index (χ1n) is 8.95. The lowest BCUT2D eigenvalue weighted by molar-refractivity contribution is 0.252. The number of nitrogens with one attached hydrogen (secondary N) is 2. The molecule has 2 N–H and O–H groups in total. The number of para-hydroxylation sites is 1. The third-order valence-electron chi connectivity index (χ3n) is 3.99. The van der Waals surface area contributed by atoms with Crippen LogP contribution in [-0.2, 0) is 6.61 Å². The predicted octanol–water partition coefficient (Wildman–Crippen LogP) is 5.85. The van der Waals surface area contributed by atoms with E-state index >= 15 is 0 Å². The summed E-state index contributed by atoms with van der Waals surface area (Å²) in [5.41, 5.74) is 4.68. The summed E-state index contributed by atoms with van der Waals surface area (Å²) in [4.78, 5) is 11.9. The van der Waals surface area contributed by atoms with Gasteiger partial charge in [0, 0.05) is 16.3 Å². The Morgan fingerprint density at radius 3 is 2.60 bits per heavy atom. The van der Waals surface area contributed by atoms with Gasteiger partial charge in [-0.2, -0.15) is 5.10 Å². The number of rotatable bonds is 7. The van der Waals surface area contributed by atoms with Crippen molar-refractivity contribution in [1.82, 2.24) is 5.43 Å². The Morgan fingerprint density at radius 2 is 1.87 bits per heavy atom. The number of anilines is 1. The molecule has 0 aliphatic heterocycles. The van der Waals surface area contributed by atoms with Gasteiger partial charge in [0.25, 0.3) is 0 Å². The molecule has 0 aliphatic carbocycles. The maximum atomic E-state index is 11.9. The van der Waals surface area contributed by atoms with Crippen molar-refractivity contribution >= 4 is 45.5 Å². The quantitative estimate of drug-likeness (QED) is 0.324. The monoisotopic (exact) mass is 487 g/mol. The highest BCUT2D eigenvalue weighted by atomic mass is 79.9. The molecule has 3 rings (SSSR count). The molecule has 30 heavy (non-hydrogen) atoms. The van der Waals surface area contributed by atoms with Gasteiger partial charge in [-0.1, -0.05) is 48.0 Å². The first-order chi connectivity index (χ1) is 14.6. The highest BCUT2D eigenvalue weighted by Crippen LogP contribution is 2.37. The summed E-state index contributed by atoms with van der Waals surface area (Å²) in [6.45, 7) is 0.295. The van der Waals surface area contributed by atoms with Gasteiger partial charge in [-0.15, -0.1) is 0 Å². The lowest BCUT2D eigenvalue weighted by Crippen LogP contribution is -2.24. The van der Waals surface area contributed by atoms with Gasteiger partial charge >= 0.3 is 6.03 Å². The minimum absolute atomic E-state index is 0.295. The summed E-state index contributed by atoms with van der Waals surface area (Å²) >= 11 is 9.68. The van der Waals surface area contributed by atoms with E-state index in [0.29, 0.717) is 38.9 Å². The molecule has 3 aromatic rings. The van der Waals surface area contributed by atoms with E-state index in [9.17, 15) is 4.79 Å². The number of amides is 2. The number of halogens is 2. The summed E-state index contributed by atoms with van der Waals surface area (Å²) in [7, 11) is 1.55. The molecular formula is C22H19BrClN3O3. The van der Waals surface area contributed by atoms with Gasteiger partial charge in [-0.05, 0) is 51.8 Å². The maximum Gasteiger partial charge on any atom is 0.339 e. The van der Waals surface area contributed by atoms with Crippen LogP contribution in [0.1, 0.15) is 11.1 Å². The molecule has 0 bridgehead atoms. The molecular weight excluding hydrogens is 470 g/mol. The maximum absolute atomic E-state index is 11.9.